The van der Waals surface area contributed by atoms with Crippen LogP contribution in [0.3, 0.4) is 0 Å². The maximum Gasteiger partial charge on any atom is 0.114 e. The Hall–Kier alpha value is -1.69. The van der Waals surface area contributed by atoms with E-state index in [0.717, 1.165) is 0 Å². The van der Waals surface area contributed by atoms with Gasteiger partial charge in [0.25, 0.3) is 0 Å². The van der Waals surface area contributed by atoms with E-state index >= 15 is 0 Å². The summed E-state index contributed by atoms with van der Waals surface area (Å²) < 4.78 is 0. The first-order valence-corrected chi connectivity index (χ1v) is 15.1. The predicted octanol–water partition coefficient (Wildman–Crippen LogP) is 5.71. The Morgan fingerprint density at radius 1 is 0.615 bits per heavy atom. The summed E-state index contributed by atoms with van der Waals surface area (Å²) in [6, 6.07) is 35.1. The van der Waals surface area contributed by atoms with E-state index in [1.807, 2.05) is 0 Å². The molecule has 134 valence electrons. The molecule has 0 fully saturated rings. The average molecular weight is 378 g/mol. The third kappa shape index (κ3) is 3.85. The molecular formula is C24H30PSi+. The van der Waals surface area contributed by atoms with E-state index < -0.39 is 15.3 Å². The van der Waals surface area contributed by atoms with E-state index in [2.05, 4.69) is 118 Å². The largest absolute Gasteiger partial charge is 0.114 e. The molecule has 1 atom stereocenters. The maximum atomic E-state index is 2.50. The van der Waals surface area contributed by atoms with Gasteiger partial charge in [0.05, 0.1) is 5.66 Å². The van der Waals surface area contributed by atoms with Crippen molar-refractivity contribution in [1.29, 1.82) is 0 Å². The minimum Gasteiger partial charge on any atom is -0.0694 e. The summed E-state index contributed by atoms with van der Waals surface area (Å²) >= 11 is 0. The predicted molar refractivity (Wildman–Crippen MR) is 123 cm³/mol. The van der Waals surface area contributed by atoms with Gasteiger partial charge in [-0.3, -0.25) is 0 Å². The van der Waals surface area contributed by atoms with E-state index in [4.69, 9.17) is 0 Å². The fourth-order valence-electron chi connectivity index (χ4n) is 4.22. The molecule has 0 amide bonds. The fourth-order valence-corrected chi connectivity index (χ4v) is 13.1. The van der Waals surface area contributed by atoms with Crippen LogP contribution in [-0.2, 0) is 0 Å². The zero-order valence-electron chi connectivity index (χ0n) is 16.4. The molecule has 0 N–H and O–H groups in total. The van der Waals surface area contributed by atoms with E-state index in [9.17, 15) is 0 Å². The molecule has 2 heteroatoms. The molecule has 26 heavy (non-hydrogen) atoms. The van der Waals surface area contributed by atoms with E-state index in [-0.39, 0.29) is 0 Å². The summed E-state index contributed by atoms with van der Waals surface area (Å²) in [6.07, 6.45) is 0. The van der Waals surface area contributed by atoms with Crippen LogP contribution in [-0.4, -0.2) is 13.7 Å². The minimum atomic E-state index is -1.71. The molecule has 0 nitrogen and oxygen atoms in total. The first kappa shape index (κ1) is 19.1. The van der Waals surface area contributed by atoms with Gasteiger partial charge in [-0.25, -0.2) is 0 Å². The molecule has 0 saturated heterocycles. The van der Waals surface area contributed by atoms with Crippen LogP contribution in [0.1, 0.15) is 6.92 Å². The molecule has 3 rings (SSSR count). The van der Waals surface area contributed by atoms with Crippen LogP contribution in [0.2, 0.25) is 25.7 Å². The molecule has 0 aliphatic rings. The Bertz CT molecular complexity index is 710. The summed E-state index contributed by atoms with van der Waals surface area (Å²) in [7, 11) is -2.91. The topological polar surface area (TPSA) is 0 Å². The SMILES string of the molecule is C[C@@H](C[Si](C)(C)C)[P+](c1ccccc1)(c1ccccc1)c1ccccc1. The number of hydrogen-bond acceptors (Lipinski definition) is 0. The molecule has 0 aromatic heterocycles. The van der Waals surface area contributed by atoms with Crippen molar-refractivity contribution >= 4 is 31.2 Å². The van der Waals surface area contributed by atoms with Crippen LogP contribution in [0.4, 0.5) is 0 Å². The second kappa shape index (κ2) is 7.90. The molecule has 0 heterocycles. The lowest BCUT2D eigenvalue weighted by Gasteiger charge is -2.35. The normalized spacial score (nSPS) is 13.4. The molecular weight excluding hydrogens is 347 g/mol. The minimum absolute atomic E-state index is 0.626. The van der Waals surface area contributed by atoms with Crippen molar-refractivity contribution in [2.75, 3.05) is 0 Å². The van der Waals surface area contributed by atoms with E-state index in [1.165, 1.54) is 22.0 Å². The highest BCUT2D eigenvalue weighted by atomic mass is 31.2. The van der Waals surface area contributed by atoms with Gasteiger partial charge in [0.15, 0.2) is 0 Å². The zero-order valence-corrected chi connectivity index (χ0v) is 18.3. The average Bonchev–Trinajstić information content (AvgIpc) is 2.64. The standard InChI is InChI=1S/C24H30PSi/c1-21(20-26(2,3)4)25(22-14-8-5-9-15-22,23-16-10-6-11-17-23)24-18-12-7-13-19-24/h5-19,21H,20H2,1-4H3/q+1/t21-/m0/s1. The van der Waals surface area contributed by atoms with Gasteiger partial charge in [-0.05, 0) is 49.4 Å². The number of benzene rings is 3. The van der Waals surface area contributed by atoms with Crippen LogP contribution < -0.4 is 15.9 Å². The lowest BCUT2D eigenvalue weighted by atomic mass is 10.3. The van der Waals surface area contributed by atoms with Crippen LogP contribution in [0.5, 0.6) is 0 Å². The van der Waals surface area contributed by atoms with Crippen LogP contribution in [0.25, 0.3) is 0 Å². The van der Waals surface area contributed by atoms with Gasteiger partial charge in [0.1, 0.15) is 23.2 Å². The lowest BCUT2D eigenvalue weighted by Crippen LogP contribution is -2.40. The summed E-state index contributed by atoms with van der Waals surface area (Å²) in [6.45, 7) is 10.00. The Morgan fingerprint density at radius 2 is 0.923 bits per heavy atom. The third-order valence-corrected chi connectivity index (χ3v) is 12.1. The van der Waals surface area contributed by atoms with E-state index in [1.54, 1.807) is 0 Å². The Labute approximate surface area is 160 Å². The van der Waals surface area contributed by atoms with E-state index in [0.29, 0.717) is 5.66 Å². The Kier molecular flexibility index (Phi) is 5.80. The summed E-state index contributed by atoms with van der Waals surface area (Å²) in [5, 5.41) is 4.51. The molecule has 3 aromatic rings. The summed E-state index contributed by atoms with van der Waals surface area (Å²) in [4.78, 5) is 0. The van der Waals surface area contributed by atoms with Crippen molar-refractivity contribution in [3.63, 3.8) is 0 Å². The maximum absolute atomic E-state index is 2.50. The van der Waals surface area contributed by atoms with Gasteiger partial charge in [-0.1, -0.05) is 74.2 Å². The van der Waals surface area contributed by atoms with Gasteiger partial charge in [-0.2, -0.15) is 0 Å². The summed E-state index contributed by atoms with van der Waals surface area (Å²) in [5.41, 5.74) is 0.626. The molecule has 0 aliphatic carbocycles. The van der Waals surface area contributed by atoms with Crippen molar-refractivity contribution in [3.05, 3.63) is 91.0 Å². The first-order chi connectivity index (χ1) is 12.4. The van der Waals surface area contributed by atoms with Crippen molar-refractivity contribution in [2.45, 2.75) is 38.3 Å². The monoisotopic (exact) mass is 377 g/mol. The lowest BCUT2D eigenvalue weighted by molar-refractivity contribution is 1.05. The highest BCUT2D eigenvalue weighted by Gasteiger charge is 2.51. The molecule has 0 aliphatic heterocycles. The molecule has 0 spiro atoms. The third-order valence-electron chi connectivity index (χ3n) is 5.06. The molecule has 0 saturated carbocycles. The van der Waals surface area contributed by atoms with Gasteiger partial charge in [0, 0.05) is 8.07 Å². The second-order valence-electron chi connectivity index (χ2n) is 8.34. The van der Waals surface area contributed by atoms with Crippen LogP contribution >= 0.6 is 7.26 Å². The molecule has 3 aromatic carbocycles. The number of rotatable bonds is 6. The zero-order chi connectivity index (χ0) is 18.6. The van der Waals surface area contributed by atoms with Crippen molar-refractivity contribution in [2.24, 2.45) is 0 Å². The molecule has 0 unspecified atom stereocenters. The highest BCUT2D eigenvalue weighted by Crippen LogP contribution is 2.61. The molecule has 0 radical (unpaired) electrons. The Morgan fingerprint density at radius 3 is 1.19 bits per heavy atom. The number of hydrogen-bond donors (Lipinski definition) is 0. The van der Waals surface area contributed by atoms with Gasteiger partial charge < -0.3 is 0 Å². The van der Waals surface area contributed by atoms with Crippen LogP contribution in [0.15, 0.2) is 91.0 Å². The second-order valence-corrected chi connectivity index (χ2v) is 17.7. The molecule has 0 bridgehead atoms. The van der Waals surface area contributed by atoms with Gasteiger partial charge in [0.2, 0.25) is 0 Å². The van der Waals surface area contributed by atoms with Gasteiger partial charge >= 0.3 is 0 Å². The van der Waals surface area contributed by atoms with Crippen molar-refractivity contribution in [1.82, 2.24) is 0 Å². The quantitative estimate of drug-likeness (QED) is 0.381. The fraction of sp³-hybridized carbons (Fsp3) is 0.250. The highest BCUT2D eigenvalue weighted by molar-refractivity contribution is 7.96. The Balaban J connectivity index is 2.32. The first-order valence-electron chi connectivity index (χ1n) is 9.50. The van der Waals surface area contributed by atoms with Gasteiger partial charge in [-0.15, -0.1) is 0 Å². The van der Waals surface area contributed by atoms with Crippen LogP contribution in [0, 0.1) is 0 Å². The van der Waals surface area contributed by atoms with Crippen molar-refractivity contribution in [3.8, 4) is 0 Å². The smallest absolute Gasteiger partial charge is 0.0694 e. The van der Waals surface area contributed by atoms with Crippen molar-refractivity contribution < 1.29 is 0 Å². The summed E-state index contributed by atoms with van der Waals surface area (Å²) in [5.74, 6) is 0.